The number of alkyl halides is 1. The number of nitrogens with one attached hydrogen (secondary N) is 1. The molecule has 0 aromatic rings. The first kappa shape index (κ1) is 13.7. The van der Waals surface area contributed by atoms with Gasteiger partial charge in [-0.05, 0) is 20.8 Å². The molecule has 0 bridgehead atoms. The lowest BCUT2D eigenvalue weighted by molar-refractivity contribution is -0.146. The molecule has 0 heterocycles. The summed E-state index contributed by atoms with van der Waals surface area (Å²) in [4.78, 5) is 21.6. The highest BCUT2D eigenvalue weighted by Crippen LogP contribution is 2.06. The van der Waals surface area contributed by atoms with Crippen LogP contribution in [-0.2, 0) is 14.3 Å². The van der Waals surface area contributed by atoms with Crippen LogP contribution in [-0.4, -0.2) is 37.5 Å². The predicted octanol–water partition coefficient (Wildman–Crippen LogP) is 1.02. The van der Waals surface area contributed by atoms with Crippen LogP contribution in [0.5, 0.6) is 0 Å². The molecule has 1 amide bonds. The second-order valence-electron chi connectivity index (χ2n) is 3.87. The van der Waals surface area contributed by atoms with E-state index < -0.39 is 30.4 Å². The van der Waals surface area contributed by atoms with Crippen LogP contribution in [0.1, 0.15) is 20.8 Å². The average molecular weight is 221 g/mol. The fourth-order valence-corrected chi connectivity index (χ4v) is 0.698. The van der Waals surface area contributed by atoms with Gasteiger partial charge < -0.3 is 14.8 Å². The van der Waals surface area contributed by atoms with E-state index in [0.717, 1.165) is 7.11 Å². The van der Waals surface area contributed by atoms with Crippen molar-refractivity contribution in [1.82, 2.24) is 5.32 Å². The Morgan fingerprint density at radius 1 is 1.40 bits per heavy atom. The van der Waals surface area contributed by atoms with Crippen molar-refractivity contribution in [1.29, 1.82) is 0 Å². The number of rotatable bonds is 3. The average Bonchev–Trinajstić information content (AvgIpc) is 2.10. The summed E-state index contributed by atoms with van der Waals surface area (Å²) in [5.74, 6) is -1.02. The Balaban J connectivity index is 3.86. The summed E-state index contributed by atoms with van der Waals surface area (Å²) < 4.78 is 21.8. The number of alkyl carbamates (subject to hydrolysis) is 1. The quantitative estimate of drug-likeness (QED) is 0.723. The Morgan fingerprint density at radius 3 is 2.33 bits per heavy atom. The van der Waals surface area contributed by atoms with E-state index in [1.54, 1.807) is 20.8 Å². The van der Waals surface area contributed by atoms with Gasteiger partial charge in [0.25, 0.3) is 0 Å². The summed E-state index contributed by atoms with van der Waals surface area (Å²) in [5, 5.41) is 2.12. The molecule has 0 saturated carbocycles. The van der Waals surface area contributed by atoms with E-state index in [2.05, 4.69) is 10.1 Å². The van der Waals surface area contributed by atoms with Gasteiger partial charge >= 0.3 is 12.1 Å². The smallest absolute Gasteiger partial charge is 0.407 e. The summed E-state index contributed by atoms with van der Waals surface area (Å²) in [6.07, 6.45) is -2.64. The molecule has 1 N–H and O–H groups in total. The third-order valence-corrected chi connectivity index (χ3v) is 1.28. The molecular weight excluding hydrogens is 205 g/mol. The zero-order valence-electron chi connectivity index (χ0n) is 9.30. The molecule has 0 rings (SSSR count). The van der Waals surface area contributed by atoms with Crippen LogP contribution in [0.15, 0.2) is 0 Å². The lowest BCUT2D eigenvalue weighted by Crippen LogP contribution is -2.38. The summed E-state index contributed by atoms with van der Waals surface area (Å²) in [5.41, 5.74) is -0.652. The topological polar surface area (TPSA) is 64.6 Å². The Labute approximate surface area is 87.9 Å². The van der Waals surface area contributed by atoms with Crippen molar-refractivity contribution in [2.75, 3.05) is 13.7 Å². The monoisotopic (exact) mass is 221 g/mol. The molecule has 0 fully saturated rings. The number of amides is 1. The molecule has 5 nitrogen and oxygen atoms in total. The SMILES string of the molecule is COC(=O)C(F)CNC(=O)OC(C)(C)C. The first-order valence-corrected chi connectivity index (χ1v) is 4.45. The molecule has 0 aliphatic rings. The molecule has 0 aromatic carbocycles. The number of hydrogen-bond donors (Lipinski definition) is 1. The number of ether oxygens (including phenoxy) is 2. The number of halogens is 1. The fraction of sp³-hybridized carbons (Fsp3) is 0.778. The Morgan fingerprint density at radius 2 is 1.93 bits per heavy atom. The fourth-order valence-electron chi connectivity index (χ4n) is 0.698. The number of carbonyl (C=O) groups excluding carboxylic acids is 2. The number of methoxy groups -OCH3 is 1. The van der Waals surface area contributed by atoms with Crippen LogP contribution in [0.3, 0.4) is 0 Å². The largest absolute Gasteiger partial charge is 0.467 e. The minimum atomic E-state index is -1.87. The molecule has 0 spiro atoms. The van der Waals surface area contributed by atoms with Crippen molar-refractivity contribution in [3.8, 4) is 0 Å². The first-order valence-electron chi connectivity index (χ1n) is 4.45. The van der Waals surface area contributed by atoms with E-state index in [-0.39, 0.29) is 0 Å². The summed E-state index contributed by atoms with van der Waals surface area (Å²) in [7, 11) is 1.07. The van der Waals surface area contributed by atoms with Gasteiger partial charge in [0.05, 0.1) is 13.7 Å². The molecule has 15 heavy (non-hydrogen) atoms. The molecule has 0 aliphatic heterocycles. The van der Waals surface area contributed by atoms with Gasteiger partial charge in [0.2, 0.25) is 6.17 Å². The van der Waals surface area contributed by atoms with Crippen LogP contribution in [0.4, 0.5) is 9.18 Å². The third kappa shape index (κ3) is 6.70. The van der Waals surface area contributed by atoms with E-state index in [0.29, 0.717) is 0 Å². The maximum Gasteiger partial charge on any atom is 0.407 e. The van der Waals surface area contributed by atoms with Gasteiger partial charge in [0.15, 0.2) is 0 Å². The van der Waals surface area contributed by atoms with Gasteiger partial charge in [-0.25, -0.2) is 14.0 Å². The molecule has 0 saturated heterocycles. The number of esters is 1. The maximum atomic E-state index is 12.8. The van der Waals surface area contributed by atoms with Crippen molar-refractivity contribution in [3.05, 3.63) is 0 Å². The normalized spacial score (nSPS) is 12.9. The molecule has 0 aliphatic carbocycles. The van der Waals surface area contributed by atoms with Crippen molar-refractivity contribution >= 4 is 12.1 Å². The highest BCUT2D eigenvalue weighted by Gasteiger charge is 2.21. The minimum Gasteiger partial charge on any atom is -0.467 e. The Hall–Kier alpha value is -1.33. The zero-order chi connectivity index (χ0) is 12.1. The van der Waals surface area contributed by atoms with Crippen molar-refractivity contribution in [2.45, 2.75) is 32.5 Å². The van der Waals surface area contributed by atoms with Crippen molar-refractivity contribution in [2.24, 2.45) is 0 Å². The van der Waals surface area contributed by atoms with Gasteiger partial charge in [0, 0.05) is 0 Å². The highest BCUT2D eigenvalue weighted by atomic mass is 19.1. The maximum absolute atomic E-state index is 12.8. The molecule has 6 heteroatoms. The van der Waals surface area contributed by atoms with Crippen LogP contribution in [0, 0.1) is 0 Å². The van der Waals surface area contributed by atoms with Gasteiger partial charge in [-0.3, -0.25) is 0 Å². The van der Waals surface area contributed by atoms with Crippen LogP contribution in [0.2, 0.25) is 0 Å². The number of hydrogen-bond acceptors (Lipinski definition) is 4. The zero-order valence-corrected chi connectivity index (χ0v) is 9.30. The van der Waals surface area contributed by atoms with Gasteiger partial charge in [-0.1, -0.05) is 0 Å². The predicted molar refractivity (Wildman–Crippen MR) is 51.1 cm³/mol. The van der Waals surface area contributed by atoms with Crippen molar-refractivity contribution in [3.63, 3.8) is 0 Å². The third-order valence-electron chi connectivity index (χ3n) is 1.28. The van der Waals surface area contributed by atoms with Crippen molar-refractivity contribution < 1.29 is 23.5 Å². The number of carbonyl (C=O) groups is 2. The van der Waals surface area contributed by atoms with E-state index in [1.165, 1.54) is 0 Å². The second kappa shape index (κ2) is 5.53. The van der Waals surface area contributed by atoms with Gasteiger partial charge in [-0.2, -0.15) is 0 Å². The van der Waals surface area contributed by atoms with Crippen LogP contribution in [0.25, 0.3) is 0 Å². The highest BCUT2D eigenvalue weighted by molar-refractivity contribution is 5.76. The lowest BCUT2D eigenvalue weighted by Gasteiger charge is -2.19. The Kier molecular flexibility index (Phi) is 5.04. The Bertz CT molecular complexity index is 237. The standard InChI is InChI=1S/C9H16FNO4/c1-9(2,3)15-8(13)11-5-6(10)7(12)14-4/h6H,5H2,1-4H3,(H,11,13). The van der Waals surface area contributed by atoms with Crippen LogP contribution < -0.4 is 5.32 Å². The molecule has 0 aromatic heterocycles. The summed E-state index contributed by atoms with van der Waals surface area (Å²) in [6.45, 7) is 4.58. The second-order valence-corrected chi connectivity index (χ2v) is 3.87. The lowest BCUT2D eigenvalue weighted by atomic mass is 10.2. The van der Waals surface area contributed by atoms with Crippen LogP contribution >= 0.6 is 0 Å². The van der Waals surface area contributed by atoms with E-state index >= 15 is 0 Å². The molecule has 1 atom stereocenters. The molecule has 88 valence electrons. The van der Waals surface area contributed by atoms with E-state index in [4.69, 9.17) is 4.74 Å². The summed E-state index contributed by atoms with van der Waals surface area (Å²) in [6, 6.07) is 0. The molecule has 0 radical (unpaired) electrons. The molecular formula is C9H16FNO4. The van der Waals surface area contributed by atoms with Gasteiger partial charge in [-0.15, -0.1) is 0 Å². The van der Waals surface area contributed by atoms with Gasteiger partial charge in [0.1, 0.15) is 5.60 Å². The minimum absolute atomic E-state index is 0.457. The summed E-state index contributed by atoms with van der Waals surface area (Å²) >= 11 is 0. The first-order chi connectivity index (χ1) is 6.76. The van der Waals surface area contributed by atoms with E-state index in [9.17, 15) is 14.0 Å². The molecule has 1 unspecified atom stereocenters. The van der Waals surface area contributed by atoms with E-state index in [1.807, 2.05) is 0 Å².